The number of rotatable bonds is 13. The maximum absolute atomic E-state index is 8.24. The highest BCUT2D eigenvalue weighted by molar-refractivity contribution is 7.99. The molecule has 0 fully saturated rings. The van der Waals surface area contributed by atoms with E-state index in [4.69, 9.17) is 5.26 Å². The molecule has 0 amide bonds. The van der Waals surface area contributed by atoms with Gasteiger partial charge in [0.15, 0.2) is 0 Å². The van der Waals surface area contributed by atoms with E-state index in [2.05, 4.69) is 40.0 Å². The Hall–Kier alpha value is 0.190. The molecule has 1 N–H and O–H groups in total. The van der Waals surface area contributed by atoms with E-state index in [0.717, 1.165) is 20.5 Å². The Morgan fingerprint density at radius 2 is 1.40 bits per heavy atom. The van der Waals surface area contributed by atoms with Crippen molar-refractivity contribution in [3.8, 4) is 0 Å². The van der Waals surface area contributed by atoms with Gasteiger partial charge in [0.1, 0.15) is 0 Å². The molecule has 0 saturated heterocycles. The Balaban J connectivity index is 3.68. The number of hydrogen-bond donors (Lipinski definition) is 1. The number of thioether (sulfide) groups is 1. The lowest BCUT2D eigenvalue weighted by atomic mass is 10.2. The Morgan fingerprint density at radius 1 is 0.850 bits per heavy atom. The molecule has 0 heterocycles. The summed E-state index contributed by atoms with van der Waals surface area (Å²) in [6, 6.07) is 0. The SMILES string of the molecule is CCC[N+](C)(C)CCC[N+](C)(C)CCCSCCOO. The quantitative estimate of drug-likeness (QED) is 0.245. The number of hydrogen-bond acceptors (Lipinski definition) is 3. The summed E-state index contributed by atoms with van der Waals surface area (Å²) in [6.07, 6.45) is 3.79. The first-order valence-electron chi connectivity index (χ1n) is 7.81. The van der Waals surface area contributed by atoms with E-state index in [1.165, 1.54) is 45.4 Å². The standard InChI is InChI=1S/C15H35N2O2S/c1-6-9-16(2,3)10-7-11-17(4,5)12-8-14-20-15-13-19-18/h6-15H2,1-5H3/q+1/p+1. The predicted molar refractivity (Wildman–Crippen MR) is 89.1 cm³/mol. The van der Waals surface area contributed by atoms with Crippen molar-refractivity contribution in [1.82, 2.24) is 0 Å². The van der Waals surface area contributed by atoms with Crippen LogP contribution in [0, 0.1) is 0 Å². The van der Waals surface area contributed by atoms with Crippen LogP contribution in [0.1, 0.15) is 26.2 Å². The van der Waals surface area contributed by atoms with Gasteiger partial charge in [0.25, 0.3) is 0 Å². The highest BCUT2D eigenvalue weighted by Crippen LogP contribution is 2.09. The van der Waals surface area contributed by atoms with Crippen molar-refractivity contribution in [2.24, 2.45) is 0 Å². The minimum absolute atomic E-state index is 0.438. The maximum atomic E-state index is 8.24. The van der Waals surface area contributed by atoms with Crippen LogP contribution < -0.4 is 0 Å². The monoisotopic (exact) mass is 308 g/mol. The lowest BCUT2D eigenvalue weighted by Crippen LogP contribution is -2.46. The Bertz CT molecular complexity index is 236. The smallest absolute Gasteiger partial charge is 0.0910 e. The molecule has 122 valence electrons. The fourth-order valence-corrected chi connectivity index (χ4v) is 3.28. The van der Waals surface area contributed by atoms with Gasteiger partial charge in [0.05, 0.1) is 61.0 Å². The first-order valence-corrected chi connectivity index (χ1v) is 8.96. The fraction of sp³-hybridized carbons (Fsp3) is 1.00. The summed E-state index contributed by atoms with van der Waals surface area (Å²) in [5.41, 5.74) is 0. The van der Waals surface area contributed by atoms with Gasteiger partial charge in [-0.2, -0.15) is 11.8 Å². The van der Waals surface area contributed by atoms with Crippen LogP contribution in [0.4, 0.5) is 0 Å². The van der Waals surface area contributed by atoms with Crippen molar-refractivity contribution >= 4 is 11.8 Å². The van der Waals surface area contributed by atoms with Crippen LogP contribution in [-0.2, 0) is 4.89 Å². The molecule has 0 bridgehead atoms. The minimum Gasteiger partial charge on any atom is -0.328 e. The van der Waals surface area contributed by atoms with Gasteiger partial charge in [0, 0.05) is 18.6 Å². The molecule has 0 radical (unpaired) electrons. The van der Waals surface area contributed by atoms with Crippen LogP contribution in [0.5, 0.6) is 0 Å². The maximum Gasteiger partial charge on any atom is 0.0910 e. The molecule has 0 aromatic carbocycles. The normalized spacial score (nSPS) is 12.9. The first-order chi connectivity index (χ1) is 9.33. The molecule has 0 aromatic rings. The average molecular weight is 309 g/mol. The van der Waals surface area contributed by atoms with Gasteiger partial charge in [-0.05, 0) is 12.2 Å². The molecule has 20 heavy (non-hydrogen) atoms. The van der Waals surface area contributed by atoms with Crippen LogP contribution in [0.3, 0.4) is 0 Å². The second-order valence-electron chi connectivity index (χ2n) is 6.92. The summed E-state index contributed by atoms with van der Waals surface area (Å²) in [6.45, 7) is 7.74. The Labute approximate surface area is 130 Å². The predicted octanol–water partition coefficient (Wildman–Crippen LogP) is 2.55. The van der Waals surface area contributed by atoms with Gasteiger partial charge in [0.2, 0.25) is 0 Å². The van der Waals surface area contributed by atoms with Crippen molar-refractivity contribution in [2.75, 3.05) is 72.5 Å². The molecule has 4 nitrogen and oxygen atoms in total. The molecule has 0 rings (SSSR count). The molecule has 0 spiro atoms. The molecular weight excluding hydrogens is 272 g/mol. The Morgan fingerprint density at radius 3 is 1.95 bits per heavy atom. The molecule has 0 atom stereocenters. The van der Waals surface area contributed by atoms with Crippen LogP contribution in [0.25, 0.3) is 0 Å². The molecule has 0 saturated carbocycles. The zero-order chi connectivity index (χ0) is 15.5. The molecule has 5 heteroatoms. The van der Waals surface area contributed by atoms with Gasteiger partial charge in [-0.3, -0.25) is 5.26 Å². The molecule has 0 aliphatic heterocycles. The average Bonchev–Trinajstić information content (AvgIpc) is 2.33. The van der Waals surface area contributed by atoms with Crippen molar-refractivity contribution in [2.45, 2.75) is 26.2 Å². The van der Waals surface area contributed by atoms with Crippen LogP contribution in [0.15, 0.2) is 0 Å². The van der Waals surface area contributed by atoms with Crippen LogP contribution >= 0.6 is 11.8 Å². The van der Waals surface area contributed by atoms with Gasteiger partial charge in [-0.1, -0.05) is 6.92 Å². The molecule has 0 unspecified atom stereocenters. The first kappa shape index (κ1) is 20.2. The molecule has 0 aliphatic rings. The summed E-state index contributed by atoms with van der Waals surface area (Å²) in [7, 11) is 9.34. The van der Waals surface area contributed by atoms with Gasteiger partial charge >= 0.3 is 0 Å². The molecule has 0 aliphatic carbocycles. The highest BCUT2D eigenvalue weighted by atomic mass is 32.2. The van der Waals surface area contributed by atoms with Gasteiger partial charge in [-0.25, -0.2) is 4.89 Å². The third kappa shape index (κ3) is 12.0. The van der Waals surface area contributed by atoms with E-state index < -0.39 is 0 Å². The second-order valence-corrected chi connectivity index (χ2v) is 8.14. The summed E-state index contributed by atoms with van der Waals surface area (Å²) in [4.78, 5) is 4.07. The summed E-state index contributed by atoms with van der Waals surface area (Å²) >= 11 is 1.86. The van der Waals surface area contributed by atoms with E-state index in [9.17, 15) is 0 Å². The third-order valence-electron chi connectivity index (χ3n) is 3.73. The van der Waals surface area contributed by atoms with Gasteiger partial charge < -0.3 is 8.97 Å². The van der Waals surface area contributed by atoms with Gasteiger partial charge in [-0.15, -0.1) is 0 Å². The largest absolute Gasteiger partial charge is 0.328 e. The highest BCUT2D eigenvalue weighted by Gasteiger charge is 2.18. The molecule has 0 aromatic heterocycles. The zero-order valence-corrected chi connectivity index (χ0v) is 15.0. The van der Waals surface area contributed by atoms with Crippen molar-refractivity contribution in [1.29, 1.82) is 0 Å². The summed E-state index contributed by atoms with van der Waals surface area (Å²) < 4.78 is 2.26. The van der Waals surface area contributed by atoms with Crippen LogP contribution in [0.2, 0.25) is 0 Å². The van der Waals surface area contributed by atoms with Crippen LogP contribution in [-0.4, -0.2) is 86.7 Å². The molecular formula is C15H36N2O2S+2. The Kier molecular flexibility index (Phi) is 11.0. The van der Waals surface area contributed by atoms with E-state index in [0.29, 0.717) is 6.61 Å². The minimum atomic E-state index is 0.438. The third-order valence-corrected chi connectivity index (χ3v) is 4.76. The van der Waals surface area contributed by atoms with Crippen molar-refractivity contribution in [3.05, 3.63) is 0 Å². The fourth-order valence-electron chi connectivity index (χ4n) is 2.55. The summed E-state index contributed by atoms with van der Waals surface area (Å²) in [5.74, 6) is 2.04. The lowest BCUT2D eigenvalue weighted by molar-refractivity contribution is -0.909. The van der Waals surface area contributed by atoms with Crippen molar-refractivity contribution < 1.29 is 19.1 Å². The number of nitrogens with zero attached hydrogens (tertiary/aromatic N) is 2. The second kappa shape index (κ2) is 10.9. The van der Waals surface area contributed by atoms with Crippen molar-refractivity contribution in [3.63, 3.8) is 0 Å². The topological polar surface area (TPSA) is 29.5 Å². The van der Waals surface area contributed by atoms with E-state index in [-0.39, 0.29) is 0 Å². The van der Waals surface area contributed by atoms with E-state index in [1.807, 2.05) is 11.8 Å². The van der Waals surface area contributed by atoms with E-state index in [1.54, 1.807) is 0 Å². The number of quaternary nitrogens is 2. The van der Waals surface area contributed by atoms with E-state index >= 15 is 0 Å². The summed E-state index contributed by atoms with van der Waals surface area (Å²) in [5, 5.41) is 8.24. The zero-order valence-electron chi connectivity index (χ0n) is 14.2. The lowest BCUT2D eigenvalue weighted by Gasteiger charge is -2.33.